The Morgan fingerprint density at radius 3 is 2.29 bits per heavy atom. The van der Waals surface area contributed by atoms with Crippen LogP contribution >= 0.6 is 34.8 Å². The predicted molar refractivity (Wildman–Crippen MR) is 67.9 cm³/mol. The summed E-state index contributed by atoms with van der Waals surface area (Å²) >= 11 is 17.8. The van der Waals surface area contributed by atoms with Crippen molar-refractivity contribution >= 4 is 41.1 Å². The molecule has 0 unspecified atom stereocenters. The number of nitrogens with zero attached hydrogens (tertiary/aromatic N) is 2. The Morgan fingerprint density at radius 2 is 1.71 bits per heavy atom. The lowest BCUT2D eigenvalue weighted by Gasteiger charge is -2.05. The van der Waals surface area contributed by atoms with E-state index in [1.165, 1.54) is 18.5 Å². The van der Waals surface area contributed by atoms with Gasteiger partial charge in [0.15, 0.2) is 12.1 Å². The first kappa shape index (κ1) is 12.3. The number of benzene rings is 1. The summed E-state index contributed by atoms with van der Waals surface area (Å²) in [5, 5.41) is 1.10. The summed E-state index contributed by atoms with van der Waals surface area (Å²) in [5.74, 6) is 0.366. The minimum absolute atomic E-state index is 0.329. The normalized spacial score (nSPS) is 10.3. The molecule has 1 aromatic carbocycles. The molecule has 86 valence electrons. The lowest BCUT2D eigenvalue weighted by Crippen LogP contribution is -1.92. The van der Waals surface area contributed by atoms with Crippen LogP contribution < -0.4 is 0 Å². The molecule has 0 saturated heterocycles. The number of hydrogen-bond donors (Lipinski definition) is 0. The van der Waals surface area contributed by atoms with Crippen LogP contribution in [-0.2, 0) is 0 Å². The predicted octanol–water partition coefficient (Wildman–Crippen LogP) is 3.92. The Labute approximate surface area is 112 Å². The van der Waals surface area contributed by atoms with Crippen LogP contribution in [0.3, 0.4) is 0 Å². The molecule has 1 heterocycles. The van der Waals surface area contributed by atoms with E-state index in [0.29, 0.717) is 38.3 Å². The molecule has 0 radical (unpaired) electrons. The van der Waals surface area contributed by atoms with Crippen molar-refractivity contribution in [3.63, 3.8) is 0 Å². The van der Waals surface area contributed by atoms with Crippen molar-refractivity contribution in [3.8, 4) is 11.4 Å². The monoisotopic (exact) mass is 286 g/mol. The maximum Gasteiger partial charge on any atom is 0.160 e. The van der Waals surface area contributed by atoms with Crippen molar-refractivity contribution in [1.82, 2.24) is 9.97 Å². The number of rotatable bonds is 2. The fraction of sp³-hybridized carbons (Fsp3) is 0. The summed E-state index contributed by atoms with van der Waals surface area (Å²) < 4.78 is 0. The van der Waals surface area contributed by atoms with E-state index < -0.39 is 0 Å². The molecule has 2 aromatic rings. The fourth-order valence-corrected chi connectivity index (χ4v) is 1.94. The van der Waals surface area contributed by atoms with Crippen LogP contribution in [0.5, 0.6) is 0 Å². The smallest absolute Gasteiger partial charge is 0.160 e. The van der Waals surface area contributed by atoms with Gasteiger partial charge in [0, 0.05) is 23.0 Å². The molecule has 0 aliphatic heterocycles. The highest BCUT2D eigenvalue weighted by Crippen LogP contribution is 2.34. The molecule has 0 bridgehead atoms. The lowest BCUT2D eigenvalue weighted by atomic mass is 10.2. The number of aldehydes is 1. The molecule has 0 N–H and O–H groups in total. The van der Waals surface area contributed by atoms with Crippen molar-refractivity contribution in [2.75, 3.05) is 0 Å². The van der Waals surface area contributed by atoms with E-state index >= 15 is 0 Å². The van der Waals surface area contributed by atoms with Gasteiger partial charge in [0.1, 0.15) is 0 Å². The van der Waals surface area contributed by atoms with Gasteiger partial charge in [-0.1, -0.05) is 34.8 Å². The molecule has 17 heavy (non-hydrogen) atoms. The summed E-state index contributed by atoms with van der Waals surface area (Å²) in [5.41, 5.74) is 0.916. The van der Waals surface area contributed by atoms with Gasteiger partial charge in [-0.3, -0.25) is 4.79 Å². The Balaban J connectivity index is 2.55. The second-order valence-electron chi connectivity index (χ2n) is 3.21. The van der Waals surface area contributed by atoms with Crippen LogP contribution in [-0.4, -0.2) is 16.3 Å². The molecular formula is C11H5Cl3N2O. The minimum Gasteiger partial charge on any atom is -0.298 e. The van der Waals surface area contributed by atoms with Crippen molar-refractivity contribution in [3.05, 3.63) is 45.2 Å². The Hall–Kier alpha value is -1.16. The minimum atomic E-state index is 0.329. The SMILES string of the molecule is O=Cc1cnc(-c2cc(Cl)cc(Cl)c2Cl)nc1. The summed E-state index contributed by atoms with van der Waals surface area (Å²) in [6.45, 7) is 0. The van der Waals surface area contributed by atoms with Crippen molar-refractivity contribution in [2.45, 2.75) is 0 Å². The highest BCUT2D eigenvalue weighted by molar-refractivity contribution is 6.44. The van der Waals surface area contributed by atoms with Gasteiger partial charge < -0.3 is 0 Å². The van der Waals surface area contributed by atoms with Crippen LogP contribution in [0.2, 0.25) is 15.1 Å². The van der Waals surface area contributed by atoms with Crippen LogP contribution in [0.4, 0.5) is 0 Å². The quantitative estimate of drug-likeness (QED) is 0.621. The van der Waals surface area contributed by atoms with Gasteiger partial charge in [0.05, 0.1) is 15.6 Å². The lowest BCUT2D eigenvalue weighted by molar-refractivity contribution is 0.112. The number of aromatic nitrogens is 2. The van der Waals surface area contributed by atoms with Crippen molar-refractivity contribution < 1.29 is 4.79 Å². The van der Waals surface area contributed by atoms with Gasteiger partial charge in [0.25, 0.3) is 0 Å². The second-order valence-corrected chi connectivity index (χ2v) is 4.43. The van der Waals surface area contributed by atoms with E-state index in [4.69, 9.17) is 34.8 Å². The van der Waals surface area contributed by atoms with Gasteiger partial charge in [-0.15, -0.1) is 0 Å². The Bertz CT molecular complexity index is 570. The maximum absolute atomic E-state index is 10.5. The van der Waals surface area contributed by atoms with Crippen molar-refractivity contribution in [1.29, 1.82) is 0 Å². The van der Waals surface area contributed by atoms with Crippen LogP contribution in [0.1, 0.15) is 10.4 Å². The van der Waals surface area contributed by atoms with Crippen LogP contribution in [0, 0.1) is 0 Å². The molecule has 0 amide bonds. The summed E-state index contributed by atoms with van der Waals surface area (Å²) in [6.07, 6.45) is 3.47. The second kappa shape index (κ2) is 5.00. The summed E-state index contributed by atoms with van der Waals surface area (Å²) in [6, 6.07) is 3.15. The van der Waals surface area contributed by atoms with Gasteiger partial charge >= 0.3 is 0 Å². The number of carbonyl (C=O) groups excluding carboxylic acids is 1. The molecule has 0 fully saturated rings. The largest absolute Gasteiger partial charge is 0.298 e. The zero-order valence-electron chi connectivity index (χ0n) is 8.32. The summed E-state index contributed by atoms with van der Waals surface area (Å²) in [7, 11) is 0. The van der Waals surface area contributed by atoms with E-state index in [9.17, 15) is 4.79 Å². The third-order valence-corrected chi connectivity index (χ3v) is 3.06. The number of halogens is 3. The maximum atomic E-state index is 10.5. The molecule has 0 aliphatic rings. The average molecular weight is 288 g/mol. The third-order valence-electron chi connectivity index (χ3n) is 2.04. The first-order valence-electron chi connectivity index (χ1n) is 4.54. The van der Waals surface area contributed by atoms with Gasteiger partial charge in [0.2, 0.25) is 0 Å². The van der Waals surface area contributed by atoms with E-state index in [-0.39, 0.29) is 0 Å². The van der Waals surface area contributed by atoms with Crippen LogP contribution in [0.15, 0.2) is 24.5 Å². The van der Waals surface area contributed by atoms with Gasteiger partial charge in [-0.05, 0) is 12.1 Å². The number of carbonyl (C=O) groups is 1. The first-order chi connectivity index (χ1) is 8.11. The molecule has 2 rings (SSSR count). The molecule has 6 heteroatoms. The summed E-state index contributed by atoms with van der Waals surface area (Å²) in [4.78, 5) is 18.5. The van der Waals surface area contributed by atoms with Gasteiger partial charge in [-0.25, -0.2) is 9.97 Å². The molecular weight excluding hydrogens is 282 g/mol. The molecule has 0 atom stereocenters. The molecule has 0 saturated carbocycles. The van der Waals surface area contributed by atoms with Crippen molar-refractivity contribution in [2.24, 2.45) is 0 Å². The topological polar surface area (TPSA) is 42.9 Å². The highest BCUT2D eigenvalue weighted by atomic mass is 35.5. The van der Waals surface area contributed by atoms with E-state index in [1.807, 2.05) is 0 Å². The molecule has 3 nitrogen and oxygen atoms in total. The fourth-order valence-electron chi connectivity index (χ4n) is 1.26. The Morgan fingerprint density at radius 1 is 1.06 bits per heavy atom. The van der Waals surface area contributed by atoms with E-state index in [0.717, 1.165) is 0 Å². The molecule has 0 aliphatic carbocycles. The zero-order chi connectivity index (χ0) is 12.4. The molecule has 1 aromatic heterocycles. The first-order valence-corrected chi connectivity index (χ1v) is 5.67. The number of hydrogen-bond acceptors (Lipinski definition) is 3. The van der Waals surface area contributed by atoms with Crippen LogP contribution in [0.25, 0.3) is 11.4 Å². The van der Waals surface area contributed by atoms with E-state index in [2.05, 4.69) is 9.97 Å². The third kappa shape index (κ3) is 2.57. The van der Waals surface area contributed by atoms with Gasteiger partial charge in [-0.2, -0.15) is 0 Å². The average Bonchev–Trinajstić information content (AvgIpc) is 2.34. The zero-order valence-corrected chi connectivity index (χ0v) is 10.6. The van der Waals surface area contributed by atoms with E-state index in [1.54, 1.807) is 6.07 Å². The standard InChI is InChI=1S/C11H5Cl3N2O/c12-7-1-8(10(14)9(13)2-7)11-15-3-6(5-17)4-16-11/h1-5H. The molecule has 0 spiro atoms. The Kier molecular flexibility index (Phi) is 3.62. The highest BCUT2D eigenvalue weighted by Gasteiger charge is 2.11.